The van der Waals surface area contributed by atoms with E-state index in [1.807, 2.05) is 0 Å². The Labute approximate surface area is 148 Å². The van der Waals surface area contributed by atoms with Gasteiger partial charge in [-0.15, -0.1) is 0 Å². The smallest absolute Gasteiger partial charge is 0.192 e. The van der Waals surface area contributed by atoms with Crippen molar-refractivity contribution in [2.45, 2.75) is 109 Å². The average Bonchev–Trinajstić information content (AvgIpc) is 2.82. The highest BCUT2D eigenvalue weighted by molar-refractivity contribution is 6.74. The molecule has 0 radical (unpaired) electrons. The van der Waals surface area contributed by atoms with Crippen LogP contribution in [-0.2, 0) is 18.6 Å². The summed E-state index contributed by atoms with van der Waals surface area (Å²) in [5.41, 5.74) is 0. The molecule has 0 spiro atoms. The Morgan fingerprint density at radius 1 is 1.12 bits per heavy atom. The zero-order valence-corrected chi connectivity index (χ0v) is 17.4. The molecule has 2 rings (SSSR count). The van der Waals surface area contributed by atoms with Crippen LogP contribution in [0, 0.1) is 0 Å². The first-order valence-electron chi connectivity index (χ1n) is 9.36. The van der Waals surface area contributed by atoms with Crippen LogP contribution in [0.3, 0.4) is 0 Å². The SMILES string of the molecule is CCC1(CC)O[C@@H]2CC[C@@H](CO[Si](C)(C)C(C)(C)C)OC(O)[C@@H]2O1. The van der Waals surface area contributed by atoms with Gasteiger partial charge in [0.15, 0.2) is 20.4 Å². The average molecular weight is 361 g/mol. The molecular formula is C18H36O5Si. The predicted molar refractivity (Wildman–Crippen MR) is 96.3 cm³/mol. The van der Waals surface area contributed by atoms with E-state index in [2.05, 4.69) is 47.7 Å². The molecule has 0 amide bonds. The Hall–Kier alpha value is 0.0169. The molecule has 2 aliphatic heterocycles. The fourth-order valence-corrected chi connectivity index (χ4v) is 4.11. The minimum atomic E-state index is -1.81. The van der Waals surface area contributed by atoms with Crippen LogP contribution in [0.2, 0.25) is 18.1 Å². The van der Waals surface area contributed by atoms with E-state index in [1.54, 1.807) is 0 Å². The third-order valence-electron chi connectivity index (χ3n) is 5.98. The van der Waals surface area contributed by atoms with Gasteiger partial charge in [0.05, 0.1) is 18.8 Å². The summed E-state index contributed by atoms with van der Waals surface area (Å²) in [6.07, 6.45) is 1.65. The van der Waals surface area contributed by atoms with E-state index in [1.165, 1.54) is 0 Å². The number of ether oxygens (including phenoxy) is 3. The number of hydrogen-bond acceptors (Lipinski definition) is 5. The summed E-state index contributed by atoms with van der Waals surface area (Å²) in [7, 11) is -1.81. The minimum absolute atomic E-state index is 0.0993. The van der Waals surface area contributed by atoms with E-state index >= 15 is 0 Å². The van der Waals surface area contributed by atoms with E-state index in [-0.39, 0.29) is 17.2 Å². The fraction of sp³-hybridized carbons (Fsp3) is 1.00. The number of hydrogen-bond donors (Lipinski definition) is 1. The first-order chi connectivity index (χ1) is 11.0. The molecule has 2 saturated heterocycles. The maximum absolute atomic E-state index is 10.5. The monoisotopic (exact) mass is 360 g/mol. The zero-order valence-electron chi connectivity index (χ0n) is 16.4. The van der Waals surface area contributed by atoms with Crippen LogP contribution < -0.4 is 0 Å². The van der Waals surface area contributed by atoms with Crippen molar-refractivity contribution in [2.75, 3.05) is 6.61 Å². The van der Waals surface area contributed by atoms with Gasteiger partial charge >= 0.3 is 0 Å². The van der Waals surface area contributed by atoms with Crippen molar-refractivity contribution < 1.29 is 23.7 Å². The molecule has 142 valence electrons. The molecule has 2 fully saturated rings. The van der Waals surface area contributed by atoms with E-state index in [4.69, 9.17) is 18.6 Å². The maximum atomic E-state index is 10.5. The number of rotatable bonds is 5. The summed E-state index contributed by atoms with van der Waals surface area (Å²) in [6, 6.07) is 0. The topological polar surface area (TPSA) is 57.2 Å². The van der Waals surface area contributed by atoms with Crippen molar-refractivity contribution in [3.05, 3.63) is 0 Å². The Kier molecular flexibility index (Phi) is 6.21. The molecule has 0 bridgehead atoms. The van der Waals surface area contributed by atoms with E-state index in [9.17, 15) is 5.11 Å². The Morgan fingerprint density at radius 3 is 2.29 bits per heavy atom. The summed E-state index contributed by atoms with van der Waals surface area (Å²) in [5, 5.41) is 10.6. The van der Waals surface area contributed by atoms with E-state index in [0.29, 0.717) is 6.61 Å². The van der Waals surface area contributed by atoms with E-state index < -0.39 is 26.5 Å². The van der Waals surface area contributed by atoms with Crippen molar-refractivity contribution in [2.24, 2.45) is 0 Å². The molecule has 5 nitrogen and oxygen atoms in total. The van der Waals surface area contributed by atoms with Gasteiger partial charge in [0.2, 0.25) is 0 Å². The Bertz CT molecular complexity index is 416. The molecule has 1 N–H and O–H groups in total. The lowest BCUT2D eigenvalue weighted by Gasteiger charge is -2.37. The lowest BCUT2D eigenvalue weighted by Crippen LogP contribution is -2.44. The van der Waals surface area contributed by atoms with Crippen LogP contribution >= 0.6 is 0 Å². The molecule has 0 saturated carbocycles. The van der Waals surface area contributed by atoms with Gasteiger partial charge in [0.1, 0.15) is 6.10 Å². The summed E-state index contributed by atoms with van der Waals surface area (Å²) in [4.78, 5) is 0. The quantitative estimate of drug-likeness (QED) is 0.756. The van der Waals surface area contributed by atoms with Crippen LogP contribution in [-0.4, -0.2) is 50.4 Å². The highest BCUT2D eigenvalue weighted by Crippen LogP contribution is 2.40. The predicted octanol–water partition coefficient (Wildman–Crippen LogP) is 3.81. The summed E-state index contributed by atoms with van der Waals surface area (Å²) in [6.45, 7) is 15.8. The number of fused-ring (bicyclic) bond motifs is 1. The highest BCUT2D eigenvalue weighted by Gasteiger charge is 2.50. The first kappa shape index (κ1) is 20.3. The molecule has 0 aliphatic carbocycles. The van der Waals surface area contributed by atoms with Crippen LogP contribution in [0.4, 0.5) is 0 Å². The van der Waals surface area contributed by atoms with Crippen molar-refractivity contribution in [1.82, 2.24) is 0 Å². The number of aliphatic hydroxyl groups is 1. The first-order valence-corrected chi connectivity index (χ1v) is 12.3. The fourth-order valence-electron chi connectivity index (χ4n) is 3.08. The van der Waals surface area contributed by atoms with Gasteiger partial charge in [-0.05, 0) is 43.8 Å². The molecule has 2 heterocycles. The van der Waals surface area contributed by atoms with Crippen LogP contribution in [0.5, 0.6) is 0 Å². The molecular weight excluding hydrogens is 324 g/mol. The van der Waals surface area contributed by atoms with Crippen molar-refractivity contribution in [1.29, 1.82) is 0 Å². The zero-order chi connectivity index (χ0) is 18.2. The lowest BCUT2D eigenvalue weighted by atomic mass is 10.1. The van der Waals surface area contributed by atoms with Crippen molar-refractivity contribution in [3.63, 3.8) is 0 Å². The van der Waals surface area contributed by atoms with Crippen LogP contribution in [0.15, 0.2) is 0 Å². The Balaban J connectivity index is 1.94. The second-order valence-electron chi connectivity index (χ2n) is 8.65. The third kappa shape index (κ3) is 4.22. The highest BCUT2D eigenvalue weighted by atomic mass is 28.4. The van der Waals surface area contributed by atoms with Gasteiger partial charge in [0, 0.05) is 0 Å². The second kappa shape index (κ2) is 7.33. The van der Waals surface area contributed by atoms with Crippen LogP contribution in [0.25, 0.3) is 0 Å². The summed E-state index contributed by atoms with van der Waals surface area (Å²) < 4.78 is 24.3. The van der Waals surface area contributed by atoms with Crippen LogP contribution in [0.1, 0.15) is 60.3 Å². The molecule has 24 heavy (non-hydrogen) atoms. The number of aliphatic hydroxyl groups excluding tert-OH is 1. The van der Waals surface area contributed by atoms with Gasteiger partial charge in [-0.25, -0.2) is 0 Å². The molecule has 1 unspecified atom stereocenters. The van der Waals surface area contributed by atoms with Gasteiger partial charge < -0.3 is 23.7 Å². The largest absolute Gasteiger partial charge is 0.414 e. The maximum Gasteiger partial charge on any atom is 0.192 e. The molecule has 4 atom stereocenters. The van der Waals surface area contributed by atoms with Crippen molar-refractivity contribution in [3.8, 4) is 0 Å². The minimum Gasteiger partial charge on any atom is -0.414 e. The molecule has 6 heteroatoms. The van der Waals surface area contributed by atoms with Gasteiger partial charge in [-0.3, -0.25) is 0 Å². The molecule has 2 aliphatic rings. The molecule has 0 aromatic heterocycles. The summed E-state index contributed by atoms with van der Waals surface area (Å²) >= 11 is 0. The second-order valence-corrected chi connectivity index (χ2v) is 13.5. The standard InChI is InChI=1S/C18H36O5Si/c1-8-18(9-2)22-14-11-10-13(21-16(19)15(14)23-18)12-20-24(6,7)17(3,4)5/h13-16,19H,8-12H2,1-7H3/t13-,14+,15+,16?/m0/s1. The van der Waals surface area contributed by atoms with Crippen molar-refractivity contribution >= 4 is 8.32 Å². The van der Waals surface area contributed by atoms with Gasteiger partial charge in [-0.1, -0.05) is 34.6 Å². The van der Waals surface area contributed by atoms with Gasteiger partial charge in [-0.2, -0.15) is 0 Å². The lowest BCUT2D eigenvalue weighted by molar-refractivity contribution is -0.230. The third-order valence-corrected chi connectivity index (χ3v) is 10.5. The van der Waals surface area contributed by atoms with Gasteiger partial charge in [0.25, 0.3) is 0 Å². The van der Waals surface area contributed by atoms with E-state index in [0.717, 1.165) is 25.7 Å². The molecule has 0 aromatic rings. The molecule has 0 aromatic carbocycles. The summed E-state index contributed by atoms with van der Waals surface area (Å²) in [5.74, 6) is -0.565. The Morgan fingerprint density at radius 2 is 1.75 bits per heavy atom. The normalized spacial score (nSPS) is 34.0.